The summed E-state index contributed by atoms with van der Waals surface area (Å²) in [7, 11) is 1.60. The Morgan fingerprint density at radius 2 is 1.95 bits per heavy atom. The third-order valence-electron chi connectivity index (χ3n) is 3.11. The molecule has 0 spiro atoms. The van der Waals surface area contributed by atoms with Crippen LogP contribution in [-0.2, 0) is 11.3 Å². The number of nitrogens with two attached hydrogens (primary N) is 1. The van der Waals surface area contributed by atoms with E-state index in [1.807, 2.05) is 18.2 Å². The summed E-state index contributed by atoms with van der Waals surface area (Å²) in [5, 5.41) is 0. The van der Waals surface area contributed by atoms with Gasteiger partial charge in [0.05, 0.1) is 18.9 Å². The second-order valence-electron chi connectivity index (χ2n) is 4.74. The summed E-state index contributed by atoms with van der Waals surface area (Å²) in [5.74, 6) is 2.46. The number of benzene rings is 1. The fourth-order valence-electron chi connectivity index (χ4n) is 2.18. The van der Waals surface area contributed by atoms with Gasteiger partial charge in [0, 0.05) is 25.2 Å². The fraction of sp³-hybridized carbons (Fsp3) is 0.333. The van der Waals surface area contributed by atoms with Gasteiger partial charge >= 0.3 is 0 Å². The van der Waals surface area contributed by atoms with Crippen LogP contribution in [0.1, 0.15) is 12.2 Å². The van der Waals surface area contributed by atoms with Crippen LogP contribution in [0.4, 0.5) is 5.82 Å². The summed E-state index contributed by atoms with van der Waals surface area (Å²) in [6, 6.07) is 7.48. The second-order valence-corrected chi connectivity index (χ2v) is 4.74. The third kappa shape index (κ3) is 3.05. The summed E-state index contributed by atoms with van der Waals surface area (Å²) >= 11 is 0. The number of ether oxygens (including phenoxy) is 3. The molecule has 2 N–H and O–H groups in total. The molecule has 1 aliphatic heterocycles. The Bertz CT molecular complexity index is 646. The first-order chi connectivity index (χ1) is 10.3. The molecule has 1 aromatic carbocycles. The van der Waals surface area contributed by atoms with Crippen LogP contribution in [0.15, 0.2) is 24.3 Å². The van der Waals surface area contributed by atoms with Crippen molar-refractivity contribution in [2.75, 3.05) is 26.1 Å². The van der Waals surface area contributed by atoms with Crippen LogP contribution >= 0.6 is 0 Å². The van der Waals surface area contributed by atoms with E-state index in [1.54, 1.807) is 13.2 Å². The molecule has 1 aliphatic rings. The van der Waals surface area contributed by atoms with Gasteiger partial charge in [-0.3, -0.25) is 0 Å². The molecular weight excluding hydrogens is 270 g/mol. The molecule has 6 heteroatoms. The van der Waals surface area contributed by atoms with Gasteiger partial charge in [0.2, 0.25) is 0 Å². The van der Waals surface area contributed by atoms with Crippen molar-refractivity contribution in [2.45, 2.75) is 13.0 Å². The lowest BCUT2D eigenvalue weighted by Crippen LogP contribution is -2.02. The van der Waals surface area contributed by atoms with Crippen LogP contribution in [-0.4, -0.2) is 30.3 Å². The number of aromatic nitrogens is 2. The molecule has 0 saturated carbocycles. The first-order valence-corrected chi connectivity index (χ1v) is 6.78. The first kappa shape index (κ1) is 13.6. The van der Waals surface area contributed by atoms with Crippen LogP contribution < -0.4 is 15.2 Å². The van der Waals surface area contributed by atoms with Gasteiger partial charge < -0.3 is 19.9 Å². The van der Waals surface area contributed by atoms with E-state index in [9.17, 15) is 0 Å². The Labute approximate surface area is 122 Å². The van der Waals surface area contributed by atoms with Gasteiger partial charge in [-0.2, -0.15) is 0 Å². The van der Waals surface area contributed by atoms with Crippen molar-refractivity contribution in [2.24, 2.45) is 0 Å². The van der Waals surface area contributed by atoms with Crippen LogP contribution in [0, 0.1) is 0 Å². The van der Waals surface area contributed by atoms with Gasteiger partial charge in [-0.1, -0.05) is 0 Å². The minimum absolute atomic E-state index is 0.322. The fourth-order valence-corrected chi connectivity index (χ4v) is 2.18. The maximum absolute atomic E-state index is 5.83. The highest BCUT2D eigenvalue weighted by Crippen LogP contribution is 2.33. The molecule has 0 radical (unpaired) electrons. The standard InChI is InChI=1S/C15H17N3O3/c1-19-9-15-17-11(8-14(16)18-15)10-3-4-12-13(7-10)21-6-2-5-20-12/h3-4,7-8H,2,5-6,9H2,1H3,(H2,16,17,18). The summed E-state index contributed by atoms with van der Waals surface area (Å²) in [5.41, 5.74) is 7.48. The van der Waals surface area contributed by atoms with Crippen molar-refractivity contribution in [3.8, 4) is 22.8 Å². The maximum atomic E-state index is 5.83. The van der Waals surface area contributed by atoms with Gasteiger partial charge in [0.25, 0.3) is 0 Å². The Balaban J connectivity index is 1.98. The van der Waals surface area contributed by atoms with E-state index in [1.165, 1.54) is 0 Å². The quantitative estimate of drug-likeness (QED) is 0.930. The van der Waals surface area contributed by atoms with Gasteiger partial charge in [-0.05, 0) is 18.2 Å². The summed E-state index contributed by atoms with van der Waals surface area (Å²) in [4.78, 5) is 8.59. The summed E-state index contributed by atoms with van der Waals surface area (Å²) in [6.45, 7) is 1.64. The molecule has 2 aromatic rings. The number of hydrogen-bond acceptors (Lipinski definition) is 6. The van der Waals surface area contributed by atoms with Gasteiger partial charge in [0.15, 0.2) is 17.3 Å². The van der Waals surface area contributed by atoms with E-state index in [0.717, 1.165) is 29.2 Å². The van der Waals surface area contributed by atoms with E-state index in [-0.39, 0.29) is 0 Å². The molecule has 2 heterocycles. The van der Waals surface area contributed by atoms with Crippen LogP contribution in [0.25, 0.3) is 11.3 Å². The Morgan fingerprint density at radius 1 is 1.14 bits per heavy atom. The van der Waals surface area contributed by atoms with Crippen molar-refractivity contribution in [3.63, 3.8) is 0 Å². The molecule has 1 aromatic heterocycles. The number of anilines is 1. The lowest BCUT2D eigenvalue weighted by Gasteiger charge is -2.10. The second kappa shape index (κ2) is 5.97. The van der Waals surface area contributed by atoms with Crippen molar-refractivity contribution >= 4 is 5.82 Å². The zero-order valence-electron chi connectivity index (χ0n) is 11.8. The molecule has 0 aliphatic carbocycles. The smallest absolute Gasteiger partial charge is 0.161 e. The lowest BCUT2D eigenvalue weighted by molar-refractivity contribution is 0.178. The highest BCUT2D eigenvalue weighted by Gasteiger charge is 2.13. The van der Waals surface area contributed by atoms with E-state index < -0.39 is 0 Å². The zero-order valence-corrected chi connectivity index (χ0v) is 11.8. The van der Waals surface area contributed by atoms with E-state index >= 15 is 0 Å². The topological polar surface area (TPSA) is 79.5 Å². The molecule has 3 rings (SSSR count). The van der Waals surface area contributed by atoms with E-state index in [4.69, 9.17) is 19.9 Å². The summed E-state index contributed by atoms with van der Waals surface area (Å²) in [6.07, 6.45) is 0.877. The first-order valence-electron chi connectivity index (χ1n) is 6.78. The zero-order chi connectivity index (χ0) is 14.7. The van der Waals surface area contributed by atoms with Crippen LogP contribution in [0.2, 0.25) is 0 Å². The number of nitrogens with zero attached hydrogens (tertiary/aromatic N) is 2. The number of rotatable bonds is 3. The molecule has 0 atom stereocenters. The highest BCUT2D eigenvalue weighted by molar-refractivity contribution is 5.66. The maximum Gasteiger partial charge on any atom is 0.161 e. The van der Waals surface area contributed by atoms with Gasteiger partial charge in [-0.25, -0.2) is 9.97 Å². The molecule has 21 heavy (non-hydrogen) atoms. The molecule has 6 nitrogen and oxygen atoms in total. The SMILES string of the molecule is COCc1nc(N)cc(-c2ccc3c(c2)OCCCO3)n1. The average Bonchev–Trinajstić information content (AvgIpc) is 2.71. The number of methoxy groups -OCH3 is 1. The van der Waals surface area contributed by atoms with Crippen LogP contribution in [0.3, 0.4) is 0 Å². The summed E-state index contributed by atoms with van der Waals surface area (Å²) < 4.78 is 16.4. The minimum atomic E-state index is 0.322. The lowest BCUT2D eigenvalue weighted by atomic mass is 10.1. The average molecular weight is 287 g/mol. The molecule has 110 valence electrons. The van der Waals surface area contributed by atoms with E-state index in [2.05, 4.69) is 9.97 Å². The molecule has 0 saturated heterocycles. The Kier molecular flexibility index (Phi) is 3.87. The highest BCUT2D eigenvalue weighted by atomic mass is 16.5. The molecule has 0 amide bonds. The number of hydrogen-bond donors (Lipinski definition) is 1. The molecule has 0 unspecified atom stereocenters. The predicted octanol–water partition coefficient (Wildman–Crippen LogP) is 2.03. The monoisotopic (exact) mass is 287 g/mol. The van der Waals surface area contributed by atoms with Gasteiger partial charge in [0.1, 0.15) is 12.4 Å². The predicted molar refractivity (Wildman–Crippen MR) is 78.2 cm³/mol. The molecular formula is C15H17N3O3. The minimum Gasteiger partial charge on any atom is -0.490 e. The van der Waals surface area contributed by atoms with Gasteiger partial charge in [-0.15, -0.1) is 0 Å². The third-order valence-corrected chi connectivity index (χ3v) is 3.11. The van der Waals surface area contributed by atoms with Crippen molar-refractivity contribution in [3.05, 3.63) is 30.1 Å². The van der Waals surface area contributed by atoms with Crippen molar-refractivity contribution < 1.29 is 14.2 Å². The van der Waals surface area contributed by atoms with Crippen molar-refractivity contribution in [1.29, 1.82) is 0 Å². The largest absolute Gasteiger partial charge is 0.490 e. The van der Waals surface area contributed by atoms with Crippen molar-refractivity contribution in [1.82, 2.24) is 9.97 Å². The Hall–Kier alpha value is -2.34. The Morgan fingerprint density at radius 3 is 2.76 bits per heavy atom. The van der Waals surface area contributed by atoms with E-state index in [0.29, 0.717) is 31.5 Å². The molecule has 0 bridgehead atoms. The van der Waals surface area contributed by atoms with Crippen LogP contribution in [0.5, 0.6) is 11.5 Å². The number of nitrogen functional groups attached to an aromatic ring is 1. The normalized spacial score (nSPS) is 13.8. The number of fused-ring (bicyclic) bond motifs is 1. The molecule has 0 fully saturated rings.